The zero-order valence-corrected chi connectivity index (χ0v) is 11.6. The van der Waals surface area contributed by atoms with Crippen LogP contribution in [0.5, 0.6) is 0 Å². The van der Waals surface area contributed by atoms with Crippen LogP contribution in [-0.2, 0) is 6.54 Å². The predicted octanol–water partition coefficient (Wildman–Crippen LogP) is 3.24. The molecule has 4 heteroatoms. The quantitative estimate of drug-likeness (QED) is 0.721. The molecular formula is C16H18N4. The molecule has 1 aromatic carbocycles. The van der Waals surface area contributed by atoms with Crippen molar-refractivity contribution in [1.82, 2.24) is 14.5 Å². The molecule has 0 fully saturated rings. The maximum atomic E-state index is 4.40. The molecule has 20 heavy (non-hydrogen) atoms. The number of benzene rings is 1. The van der Waals surface area contributed by atoms with Gasteiger partial charge in [-0.25, -0.2) is 4.98 Å². The summed E-state index contributed by atoms with van der Waals surface area (Å²) in [4.78, 5) is 8.44. The van der Waals surface area contributed by atoms with Crippen molar-refractivity contribution in [3.05, 3.63) is 54.7 Å². The summed E-state index contributed by atoms with van der Waals surface area (Å²) in [7, 11) is 0. The van der Waals surface area contributed by atoms with E-state index in [9.17, 15) is 0 Å². The van der Waals surface area contributed by atoms with E-state index in [2.05, 4.69) is 45.0 Å². The zero-order valence-electron chi connectivity index (χ0n) is 11.6. The van der Waals surface area contributed by atoms with Gasteiger partial charge >= 0.3 is 0 Å². The lowest BCUT2D eigenvalue weighted by Gasteiger charge is -2.10. The van der Waals surface area contributed by atoms with Crippen molar-refractivity contribution in [2.45, 2.75) is 19.9 Å². The van der Waals surface area contributed by atoms with Crippen molar-refractivity contribution in [1.29, 1.82) is 0 Å². The fourth-order valence-electron chi connectivity index (χ4n) is 2.32. The van der Waals surface area contributed by atoms with E-state index in [1.807, 2.05) is 31.0 Å². The molecule has 0 spiro atoms. The van der Waals surface area contributed by atoms with Crippen molar-refractivity contribution in [2.24, 2.45) is 0 Å². The van der Waals surface area contributed by atoms with Crippen LogP contribution >= 0.6 is 0 Å². The van der Waals surface area contributed by atoms with Crippen molar-refractivity contribution in [3.63, 3.8) is 0 Å². The number of aromatic nitrogens is 3. The Morgan fingerprint density at radius 3 is 3.00 bits per heavy atom. The lowest BCUT2D eigenvalue weighted by atomic mass is 10.1. The van der Waals surface area contributed by atoms with Gasteiger partial charge in [0.2, 0.25) is 0 Å². The Balaban J connectivity index is 1.66. The van der Waals surface area contributed by atoms with Gasteiger partial charge in [0.15, 0.2) is 0 Å². The fraction of sp³-hybridized carbons (Fsp3) is 0.250. The molecule has 0 aliphatic heterocycles. The summed E-state index contributed by atoms with van der Waals surface area (Å²) < 4.78 is 2.09. The van der Waals surface area contributed by atoms with Crippen LogP contribution < -0.4 is 5.32 Å². The summed E-state index contributed by atoms with van der Waals surface area (Å²) in [5, 5.41) is 4.69. The molecule has 3 aromatic rings. The average Bonchev–Trinajstić information content (AvgIpc) is 2.97. The lowest BCUT2D eigenvalue weighted by Crippen LogP contribution is -2.06. The van der Waals surface area contributed by atoms with Gasteiger partial charge in [0.1, 0.15) is 0 Å². The molecule has 1 N–H and O–H groups in total. The maximum Gasteiger partial charge on any atom is 0.0945 e. The number of nitrogens with one attached hydrogen (secondary N) is 1. The molecule has 0 aliphatic rings. The van der Waals surface area contributed by atoms with Crippen molar-refractivity contribution < 1.29 is 0 Å². The minimum absolute atomic E-state index is 0.936. The van der Waals surface area contributed by atoms with Gasteiger partial charge in [0.05, 0.1) is 11.8 Å². The Morgan fingerprint density at radius 1 is 1.20 bits per heavy atom. The van der Waals surface area contributed by atoms with Crippen LogP contribution in [0.1, 0.15) is 12.0 Å². The number of hydrogen-bond donors (Lipinski definition) is 1. The van der Waals surface area contributed by atoms with E-state index in [0.717, 1.165) is 30.7 Å². The molecule has 0 saturated heterocycles. The molecule has 0 saturated carbocycles. The largest absolute Gasteiger partial charge is 0.384 e. The van der Waals surface area contributed by atoms with Crippen LogP contribution in [0.25, 0.3) is 10.9 Å². The number of rotatable bonds is 5. The summed E-state index contributed by atoms with van der Waals surface area (Å²) in [6.45, 7) is 4.02. The van der Waals surface area contributed by atoms with Gasteiger partial charge in [0, 0.05) is 42.8 Å². The smallest absolute Gasteiger partial charge is 0.0945 e. The molecule has 102 valence electrons. The highest BCUT2D eigenvalue weighted by molar-refractivity contribution is 5.91. The highest BCUT2D eigenvalue weighted by Gasteiger charge is 2.01. The molecule has 2 aromatic heterocycles. The van der Waals surface area contributed by atoms with Crippen molar-refractivity contribution >= 4 is 16.6 Å². The van der Waals surface area contributed by atoms with Crippen LogP contribution in [-0.4, -0.2) is 21.1 Å². The van der Waals surface area contributed by atoms with Gasteiger partial charge < -0.3 is 9.88 Å². The first-order valence-corrected chi connectivity index (χ1v) is 6.88. The molecule has 0 aliphatic carbocycles. The van der Waals surface area contributed by atoms with Crippen molar-refractivity contribution in [2.75, 3.05) is 11.9 Å². The summed E-state index contributed by atoms with van der Waals surface area (Å²) in [6.07, 6.45) is 8.57. The second-order valence-corrected chi connectivity index (χ2v) is 4.96. The van der Waals surface area contributed by atoms with E-state index in [1.165, 1.54) is 10.9 Å². The van der Waals surface area contributed by atoms with Gasteiger partial charge in [-0.2, -0.15) is 0 Å². The first-order valence-electron chi connectivity index (χ1n) is 6.88. The summed E-state index contributed by atoms with van der Waals surface area (Å²) in [5.74, 6) is 0. The van der Waals surface area contributed by atoms with E-state index >= 15 is 0 Å². The Bertz CT molecular complexity index is 689. The van der Waals surface area contributed by atoms with Crippen LogP contribution in [0, 0.1) is 6.92 Å². The zero-order chi connectivity index (χ0) is 13.8. The first kappa shape index (κ1) is 12.7. The standard InChI is InChI=1S/C16H18N4/c1-13-3-4-15-14(11-13)16(5-7-19-15)18-6-2-9-20-10-8-17-12-20/h3-5,7-8,10-12H,2,6,9H2,1H3,(H,18,19). The second kappa shape index (κ2) is 5.74. The molecule has 0 radical (unpaired) electrons. The Morgan fingerprint density at radius 2 is 2.15 bits per heavy atom. The Hall–Kier alpha value is -2.36. The van der Waals surface area contributed by atoms with Gasteiger partial charge in [-0.05, 0) is 31.5 Å². The molecular weight excluding hydrogens is 248 g/mol. The predicted molar refractivity (Wildman–Crippen MR) is 81.8 cm³/mol. The topological polar surface area (TPSA) is 42.7 Å². The highest BCUT2D eigenvalue weighted by atomic mass is 15.0. The number of pyridine rings is 1. The van der Waals surface area contributed by atoms with Gasteiger partial charge in [-0.1, -0.05) is 11.6 Å². The second-order valence-electron chi connectivity index (χ2n) is 4.96. The highest BCUT2D eigenvalue weighted by Crippen LogP contribution is 2.22. The molecule has 0 unspecified atom stereocenters. The van der Waals surface area contributed by atoms with E-state index in [1.54, 1.807) is 0 Å². The first-order chi connectivity index (χ1) is 9.83. The van der Waals surface area contributed by atoms with Crippen LogP contribution in [0.3, 0.4) is 0 Å². The minimum atomic E-state index is 0.936. The number of aryl methyl sites for hydroxylation is 2. The van der Waals surface area contributed by atoms with Crippen LogP contribution in [0.2, 0.25) is 0 Å². The number of imidazole rings is 1. The van der Waals surface area contributed by atoms with Crippen molar-refractivity contribution in [3.8, 4) is 0 Å². The van der Waals surface area contributed by atoms with E-state index in [-0.39, 0.29) is 0 Å². The summed E-state index contributed by atoms with van der Waals surface area (Å²) in [6, 6.07) is 8.39. The molecule has 3 rings (SSSR count). The SMILES string of the molecule is Cc1ccc2nccc(NCCCn3ccnc3)c2c1. The summed E-state index contributed by atoms with van der Waals surface area (Å²) in [5.41, 5.74) is 3.45. The molecule has 0 amide bonds. The number of nitrogens with zero attached hydrogens (tertiary/aromatic N) is 3. The molecule has 2 heterocycles. The monoisotopic (exact) mass is 266 g/mol. The average molecular weight is 266 g/mol. The van der Waals surface area contributed by atoms with Gasteiger partial charge in [-0.3, -0.25) is 4.98 Å². The third-order valence-corrected chi connectivity index (χ3v) is 3.36. The third kappa shape index (κ3) is 2.79. The minimum Gasteiger partial charge on any atom is -0.384 e. The van der Waals surface area contributed by atoms with Gasteiger partial charge in [-0.15, -0.1) is 0 Å². The van der Waals surface area contributed by atoms with Crippen LogP contribution in [0.4, 0.5) is 5.69 Å². The molecule has 4 nitrogen and oxygen atoms in total. The number of hydrogen-bond acceptors (Lipinski definition) is 3. The Labute approximate surface area is 118 Å². The Kier molecular flexibility index (Phi) is 3.63. The fourth-order valence-corrected chi connectivity index (χ4v) is 2.32. The molecule has 0 atom stereocenters. The van der Waals surface area contributed by atoms with Gasteiger partial charge in [0.25, 0.3) is 0 Å². The number of anilines is 1. The lowest BCUT2D eigenvalue weighted by molar-refractivity contribution is 0.661. The van der Waals surface area contributed by atoms with Crippen LogP contribution in [0.15, 0.2) is 49.2 Å². The number of fused-ring (bicyclic) bond motifs is 1. The maximum absolute atomic E-state index is 4.40. The summed E-state index contributed by atoms with van der Waals surface area (Å²) >= 11 is 0. The van der Waals surface area contributed by atoms with E-state index in [0.29, 0.717) is 0 Å². The van der Waals surface area contributed by atoms with E-state index < -0.39 is 0 Å². The third-order valence-electron chi connectivity index (χ3n) is 3.36. The molecule has 0 bridgehead atoms. The van der Waals surface area contributed by atoms with E-state index in [4.69, 9.17) is 0 Å². The normalized spacial score (nSPS) is 10.8.